The Balaban J connectivity index is 1.48. The SMILES string of the molecule is COc1ccc(Oc2ccccc2C(=O)N[C@H]2CO[C@@H]3CCO[C@H]23)cc1. The predicted molar refractivity (Wildman–Crippen MR) is 94.9 cm³/mol. The number of carbonyl (C=O) groups excluding carboxylic acids is 1. The summed E-state index contributed by atoms with van der Waals surface area (Å²) in [5.41, 5.74) is 0.477. The topological polar surface area (TPSA) is 66.0 Å². The standard InChI is InChI=1S/C20H21NO5/c1-23-13-6-8-14(9-7-13)26-17-5-3-2-4-15(17)20(22)21-16-12-25-18-10-11-24-19(16)18/h2-9,16,18-19H,10-12H2,1H3,(H,21,22)/t16-,18+,19+/m0/s1. The number of rotatable bonds is 5. The first-order valence-corrected chi connectivity index (χ1v) is 8.69. The number of ether oxygens (including phenoxy) is 4. The van der Waals surface area contributed by atoms with E-state index < -0.39 is 0 Å². The van der Waals surface area contributed by atoms with E-state index in [1.165, 1.54) is 0 Å². The lowest BCUT2D eigenvalue weighted by Crippen LogP contribution is -2.43. The Labute approximate surface area is 152 Å². The molecule has 2 aliphatic heterocycles. The molecule has 2 aromatic rings. The first-order valence-electron chi connectivity index (χ1n) is 8.69. The molecule has 0 aliphatic carbocycles. The third-order valence-electron chi connectivity index (χ3n) is 4.70. The molecule has 136 valence electrons. The second-order valence-corrected chi connectivity index (χ2v) is 6.35. The summed E-state index contributed by atoms with van der Waals surface area (Å²) in [6, 6.07) is 14.3. The van der Waals surface area contributed by atoms with Crippen LogP contribution in [0, 0.1) is 0 Å². The highest BCUT2D eigenvalue weighted by atomic mass is 16.6. The number of benzene rings is 2. The van der Waals surface area contributed by atoms with Crippen LogP contribution in [0.2, 0.25) is 0 Å². The zero-order valence-corrected chi connectivity index (χ0v) is 14.5. The Kier molecular flexibility index (Phi) is 4.77. The molecule has 26 heavy (non-hydrogen) atoms. The quantitative estimate of drug-likeness (QED) is 0.893. The van der Waals surface area contributed by atoms with E-state index in [1.54, 1.807) is 31.4 Å². The van der Waals surface area contributed by atoms with Crippen molar-refractivity contribution >= 4 is 5.91 Å². The largest absolute Gasteiger partial charge is 0.497 e. The summed E-state index contributed by atoms with van der Waals surface area (Å²) in [5, 5.41) is 3.02. The number of hydrogen-bond donors (Lipinski definition) is 1. The van der Waals surface area contributed by atoms with Gasteiger partial charge in [0.05, 0.1) is 31.4 Å². The molecule has 1 amide bonds. The predicted octanol–water partition coefficient (Wildman–Crippen LogP) is 2.77. The van der Waals surface area contributed by atoms with Crippen molar-refractivity contribution in [3.05, 3.63) is 54.1 Å². The van der Waals surface area contributed by atoms with Crippen molar-refractivity contribution < 1.29 is 23.7 Å². The maximum absolute atomic E-state index is 12.8. The van der Waals surface area contributed by atoms with Gasteiger partial charge in [0.2, 0.25) is 0 Å². The van der Waals surface area contributed by atoms with Crippen molar-refractivity contribution in [2.24, 2.45) is 0 Å². The highest BCUT2D eigenvalue weighted by Crippen LogP contribution is 2.29. The highest BCUT2D eigenvalue weighted by Gasteiger charge is 2.42. The van der Waals surface area contributed by atoms with Gasteiger partial charge in [0.15, 0.2) is 0 Å². The number of hydrogen-bond acceptors (Lipinski definition) is 5. The van der Waals surface area contributed by atoms with Crippen molar-refractivity contribution in [2.45, 2.75) is 24.7 Å². The van der Waals surface area contributed by atoms with Gasteiger partial charge in [-0.2, -0.15) is 0 Å². The van der Waals surface area contributed by atoms with Crippen molar-refractivity contribution in [1.82, 2.24) is 5.32 Å². The van der Waals surface area contributed by atoms with E-state index in [0.29, 0.717) is 30.3 Å². The fourth-order valence-electron chi connectivity index (χ4n) is 3.35. The smallest absolute Gasteiger partial charge is 0.255 e. The summed E-state index contributed by atoms with van der Waals surface area (Å²) >= 11 is 0. The summed E-state index contributed by atoms with van der Waals surface area (Å²) in [7, 11) is 1.61. The molecule has 2 fully saturated rings. The maximum atomic E-state index is 12.8. The molecule has 0 radical (unpaired) electrons. The van der Waals surface area contributed by atoms with Crippen LogP contribution in [0.4, 0.5) is 0 Å². The van der Waals surface area contributed by atoms with E-state index in [0.717, 1.165) is 12.2 Å². The fourth-order valence-corrected chi connectivity index (χ4v) is 3.35. The van der Waals surface area contributed by atoms with E-state index in [4.69, 9.17) is 18.9 Å². The van der Waals surface area contributed by atoms with Gasteiger partial charge >= 0.3 is 0 Å². The zero-order chi connectivity index (χ0) is 17.9. The van der Waals surface area contributed by atoms with Crippen molar-refractivity contribution in [3.63, 3.8) is 0 Å². The average molecular weight is 355 g/mol. The van der Waals surface area contributed by atoms with Crippen LogP contribution in [0.5, 0.6) is 17.2 Å². The number of para-hydroxylation sites is 1. The van der Waals surface area contributed by atoms with Crippen LogP contribution < -0.4 is 14.8 Å². The molecule has 0 bridgehead atoms. The second-order valence-electron chi connectivity index (χ2n) is 6.35. The van der Waals surface area contributed by atoms with E-state index in [1.807, 2.05) is 24.3 Å². The number of nitrogens with one attached hydrogen (secondary N) is 1. The van der Waals surface area contributed by atoms with Gasteiger partial charge in [0.1, 0.15) is 23.4 Å². The van der Waals surface area contributed by atoms with Crippen molar-refractivity contribution in [3.8, 4) is 17.2 Å². The Bertz CT molecular complexity index is 776. The van der Waals surface area contributed by atoms with Gasteiger partial charge in [0, 0.05) is 6.61 Å². The van der Waals surface area contributed by atoms with Crippen LogP contribution in [0.3, 0.4) is 0 Å². The lowest BCUT2D eigenvalue weighted by atomic mass is 10.1. The normalized spacial score (nSPS) is 24.1. The van der Waals surface area contributed by atoms with Gasteiger partial charge < -0.3 is 24.3 Å². The van der Waals surface area contributed by atoms with Crippen LogP contribution in [0.1, 0.15) is 16.8 Å². The maximum Gasteiger partial charge on any atom is 0.255 e. The summed E-state index contributed by atoms with van der Waals surface area (Å²) in [5.74, 6) is 1.68. The van der Waals surface area contributed by atoms with E-state index >= 15 is 0 Å². The summed E-state index contributed by atoms with van der Waals surface area (Å²) in [6.45, 7) is 1.15. The number of fused-ring (bicyclic) bond motifs is 1. The molecule has 2 saturated heterocycles. The molecule has 0 unspecified atom stereocenters. The fraction of sp³-hybridized carbons (Fsp3) is 0.350. The van der Waals surface area contributed by atoms with Gasteiger partial charge in [-0.1, -0.05) is 12.1 Å². The molecule has 6 heteroatoms. The Morgan fingerprint density at radius 3 is 2.65 bits per heavy atom. The molecule has 0 saturated carbocycles. The first kappa shape index (κ1) is 16.9. The molecule has 0 spiro atoms. The third-order valence-corrected chi connectivity index (χ3v) is 4.70. The van der Waals surface area contributed by atoms with Crippen LogP contribution in [0.15, 0.2) is 48.5 Å². The van der Waals surface area contributed by atoms with Gasteiger partial charge in [0.25, 0.3) is 5.91 Å². The van der Waals surface area contributed by atoms with E-state index in [-0.39, 0.29) is 24.2 Å². The molecular formula is C20H21NO5. The van der Waals surface area contributed by atoms with Gasteiger partial charge in [-0.05, 0) is 42.8 Å². The monoisotopic (exact) mass is 355 g/mol. The minimum absolute atomic E-state index is 0.0615. The average Bonchev–Trinajstić information content (AvgIpc) is 3.28. The molecule has 6 nitrogen and oxygen atoms in total. The zero-order valence-electron chi connectivity index (χ0n) is 14.5. The van der Waals surface area contributed by atoms with Crippen LogP contribution in [0.25, 0.3) is 0 Å². The molecule has 1 N–H and O–H groups in total. The van der Waals surface area contributed by atoms with Crippen LogP contribution in [-0.4, -0.2) is 44.5 Å². The molecular weight excluding hydrogens is 334 g/mol. The molecule has 0 aromatic heterocycles. The highest BCUT2D eigenvalue weighted by molar-refractivity contribution is 5.97. The molecule has 3 atom stereocenters. The lowest BCUT2D eigenvalue weighted by molar-refractivity contribution is 0.0655. The molecule has 2 aromatic carbocycles. The minimum Gasteiger partial charge on any atom is -0.497 e. The summed E-state index contributed by atoms with van der Waals surface area (Å²) in [6.07, 6.45) is 0.911. The van der Waals surface area contributed by atoms with Gasteiger partial charge in [-0.15, -0.1) is 0 Å². The minimum atomic E-state index is -0.195. The molecule has 2 heterocycles. The Morgan fingerprint density at radius 2 is 1.85 bits per heavy atom. The number of amides is 1. The van der Waals surface area contributed by atoms with Crippen molar-refractivity contribution in [1.29, 1.82) is 0 Å². The number of carbonyl (C=O) groups is 1. The third kappa shape index (κ3) is 3.38. The van der Waals surface area contributed by atoms with Crippen LogP contribution in [-0.2, 0) is 9.47 Å². The second kappa shape index (κ2) is 7.35. The molecule has 4 rings (SSSR count). The van der Waals surface area contributed by atoms with E-state index in [9.17, 15) is 4.79 Å². The van der Waals surface area contributed by atoms with E-state index in [2.05, 4.69) is 5.32 Å². The lowest BCUT2D eigenvalue weighted by Gasteiger charge is -2.18. The Hall–Kier alpha value is -2.57. The summed E-state index contributed by atoms with van der Waals surface area (Å²) < 4.78 is 22.4. The van der Waals surface area contributed by atoms with Gasteiger partial charge in [-0.25, -0.2) is 0 Å². The summed E-state index contributed by atoms with van der Waals surface area (Å²) in [4.78, 5) is 12.8. The first-order chi connectivity index (χ1) is 12.7. The Morgan fingerprint density at radius 1 is 1.08 bits per heavy atom. The molecule has 2 aliphatic rings. The van der Waals surface area contributed by atoms with Crippen LogP contribution >= 0.6 is 0 Å². The van der Waals surface area contributed by atoms with Crippen molar-refractivity contribution in [2.75, 3.05) is 20.3 Å². The van der Waals surface area contributed by atoms with Gasteiger partial charge in [-0.3, -0.25) is 4.79 Å². The number of methoxy groups -OCH3 is 1.